The number of aromatic amines is 1. The summed E-state index contributed by atoms with van der Waals surface area (Å²) in [6.07, 6.45) is 4.26. The number of amides is 3. The predicted octanol–water partition coefficient (Wildman–Crippen LogP) is 3.23. The highest BCUT2D eigenvalue weighted by Gasteiger charge is 2.26. The fourth-order valence-corrected chi connectivity index (χ4v) is 3.75. The lowest BCUT2D eigenvalue weighted by Gasteiger charge is -2.06. The predicted molar refractivity (Wildman–Crippen MR) is 119 cm³/mol. The molecule has 1 aromatic heterocycles. The van der Waals surface area contributed by atoms with E-state index in [1.165, 1.54) is 25.3 Å². The fourth-order valence-electron chi connectivity index (χ4n) is 3.75. The highest BCUT2D eigenvalue weighted by atomic mass is 19.1. The van der Waals surface area contributed by atoms with Crippen molar-refractivity contribution >= 4 is 35.1 Å². The van der Waals surface area contributed by atoms with Gasteiger partial charge in [-0.1, -0.05) is 6.42 Å². The van der Waals surface area contributed by atoms with Gasteiger partial charge in [0.2, 0.25) is 5.91 Å². The van der Waals surface area contributed by atoms with Crippen molar-refractivity contribution in [1.29, 1.82) is 0 Å². The van der Waals surface area contributed by atoms with E-state index in [0.717, 1.165) is 12.8 Å². The van der Waals surface area contributed by atoms with Crippen LogP contribution in [-0.2, 0) is 14.4 Å². The molecule has 0 fully saturated rings. The number of halogens is 1. The number of nitrogens with one attached hydrogen (secondary N) is 4. The van der Waals surface area contributed by atoms with Gasteiger partial charge in [-0.15, -0.1) is 0 Å². The Bertz CT molecular complexity index is 1070. The molecule has 0 spiro atoms. The molecule has 0 atom stereocenters. The van der Waals surface area contributed by atoms with Crippen molar-refractivity contribution in [3.8, 4) is 0 Å². The van der Waals surface area contributed by atoms with Crippen molar-refractivity contribution in [3.05, 3.63) is 52.1 Å². The number of hydrogen-bond acceptors (Lipinski definition) is 4. The van der Waals surface area contributed by atoms with Crippen LogP contribution in [0.4, 0.5) is 10.1 Å². The molecular weight excluding hydrogens is 415 g/mol. The van der Waals surface area contributed by atoms with E-state index >= 15 is 0 Å². The zero-order valence-corrected chi connectivity index (χ0v) is 18.4. The normalized spacial score (nSPS) is 13.8. The van der Waals surface area contributed by atoms with Gasteiger partial charge >= 0.3 is 0 Å². The molecule has 1 aliphatic rings. The molecule has 2 heterocycles. The molecule has 4 N–H and O–H groups in total. The number of carbonyl (C=O) groups excluding carboxylic acids is 3. The molecular formula is C23H27FN4O4. The number of rotatable bonds is 9. The Balaban J connectivity index is 1.64. The molecule has 0 bridgehead atoms. The topological polar surface area (TPSA) is 112 Å². The van der Waals surface area contributed by atoms with Gasteiger partial charge in [-0.25, -0.2) is 9.87 Å². The molecule has 2 aromatic rings. The first kappa shape index (κ1) is 23.2. The first-order valence-corrected chi connectivity index (χ1v) is 10.4. The standard InChI is InChI=1S/C23H27FN4O4/c1-13-19(12-17-16-11-15(24)8-9-18(16)27-22(17)30)26-14(2)21(13)23(31)25-10-6-4-5-7-20(29)28-32-3/h8-9,11-12,26H,4-7,10H2,1-3H3,(H,25,31)(H,27,30)(H,28,29). The van der Waals surface area contributed by atoms with Gasteiger partial charge < -0.3 is 15.6 Å². The molecule has 0 aliphatic carbocycles. The molecule has 3 rings (SSSR count). The molecule has 8 nitrogen and oxygen atoms in total. The molecule has 0 radical (unpaired) electrons. The van der Waals surface area contributed by atoms with Crippen LogP contribution in [0.15, 0.2) is 18.2 Å². The quantitative estimate of drug-likeness (QED) is 0.271. The Morgan fingerprint density at radius 3 is 2.72 bits per heavy atom. The Morgan fingerprint density at radius 1 is 1.19 bits per heavy atom. The second-order valence-electron chi connectivity index (χ2n) is 7.66. The third-order valence-corrected chi connectivity index (χ3v) is 5.34. The molecule has 32 heavy (non-hydrogen) atoms. The maximum absolute atomic E-state index is 13.7. The van der Waals surface area contributed by atoms with Crippen LogP contribution in [-0.4, -0.2) is 36.4 Å². The van der Waals surface area contributed by atoms with Gasteiger partial charge in [-0.05, 0) is 56.5 Å². The summed E-state index contributed by atoms with van der Waals surface area (Å²) in [7, 11) is 1.39. The van der Waals surface area contributed by atoms with E-state index in [2.05, 4.69) is 25.9 Å². The number of benzene rings is 1. The SMILES string of the molecule is CONC(=O)CCCCCNC(=O)c1c(C)[nH]c(C=C2C(=O)Nc3ccc(F)cc32)c1C. The maximum Gasteiger partial charge on any atom is 0.256 e. The number of unbranched alkanes of at least 4 members (excludes halogenated alkanes) is 2. The van der Waals surface area contributed by atoms with E-state index in [1.54, 1.807) is 19.9 Å². The second-order valence-corrected chi connectivity index (χ2v) is 7.66. The lowest BCUT2D eigenvalue weighted by molar-refractivity contribution is -0.131. The summed E-state index contributed by atoms with van der Waals surface area (Å²) < 4.78 is 13.7. The maximum atomic E-state index is 13.7. The van der Waals surface area contributed by atoms with Crippen LogP contribution in [0.2, 0.25) is 0 Å². The van der Waals surface area contributed by atoms with Crippen molar-refractivity contribution < 1.29 is 23.6 Å². The largest absolute Gasteiger partial charge is 0.358 e. The number of aryl methyl sites for hydroxylation is 1. The molecule has 0 unspecified atom stereocenters. The van der Waals surface area contributed by atoms with Crippen molar-refractivity contribution in [3.63, 3.8) is 0 Å². The van der Waals surface area contributed by atoms with Crippen LogP contribution >= 0.6 is 0 Å². The lowest BCUT2D eigenvalue weighted by atomic mass is 10.0. The first-order chi connectivity index (χ1) is 15.3. The van der Waals surface area contributed by atoms with Crippen molar-refractivity contribution in [2.75, 3.05) is 19.0 Å². The van der Waals surface area contributed by atoms with Crippen molar-refractivity contribution in [2.45, 2.75) is 39.5 Å². The number of carbonyl (C=O) groups is 3. The third kappa shape index (κ3) is 5.23. The Labute approximate surface area is 185 Å². The highest BCUT2D eigenvalue weighted by Crippen LogP contribution is 2.34. The van der Waals surface area contributed by atoms with Crippen LogP contribution in [0.25, 0.3) is 11.6 Å². The van der Waals surface area contributed by atoms with Gasteiger partial charge in [0, 0.05) is 35.6 Å². The Morgan fingerprint density at radius 2 is 1.97 bits per heavy atom. The number of aromatic nitrogens is 1. The van der Waals surface area contributed by atoms with Gasteiger partial charge in [0.1, 0.15) is 5.82 Å². The monoisotopic (exact) mass is 442 g/mol. The van der Waals surface area contributed by atoms with Crippen LogP contribution < -0.4 is 16.1 Å². The average molecular weight is 442 g/mol. The molecule has 170 valence electrons. The summed E-state index contributed by atoms with van der Waals surface area (Å²) in [5.41, 5.74) is 6.20. The lowest BCUT2D eigenvalue weighted by Crippen LogP contribution is -2.25. The number of fused-ring (bicyclic) bond motifs is 1. The summed E-state index contributed by atoms with van der Waals surface area (Å²) in [6.45, 7) is 4.08. The summed E-state index contributed by atoms with van der Waals surface area (Å²) in [4.78, 5) is 44.1. The Hall–Kier alpha value is -3.46. The summed E-state index contributed by atoms with van der Waals surface area (Å²) >= 11 is 0. The summed E-state index contributed by atoms with van der Waals surface area (Å²) in [5.74, 6) is -1.12. The van der Waals surface area contributed by atoms with Crippen molar-refractivity contribution in [2.24, 2.45) is 0 Å². The summed E-state index contributed by atoms with van der Waals surface area (Å²) in [5, 5.41) is 5.62. The number of hydroxylamine groups is 1. The molecule has 0 saturated heterocycles. The molecule has 1 aromatic carbocycles. The van der Waals surface area contributed by atoms with Crippen LogP contribution in [0.1, 0.15) is 58.6 Å². The van der Waals surface area contributed by atoms with Gasteiger partial charge in [0.05, 0.1) is 18.2 Å². The molecule has 0 saturated carbocycles. The second kappa shape index (κ2) is 10.2. The molecule has 9 heteroatoms. The van der Waals surface area contributed by atoms with Gasteiger partial charge in [-0.3, -0.25) is 19.2 Å². The zero-order chi connectivity index (χ0) is 23.3. The minimum absolute atomic E-state index is 0.168. The van der Waals surface area contributed by atoms with Crippen LogP contribution in [0.5, 0.6) is 0 Å². The zero-order valence-electron chi connectivity index (χ0n) is 18.4. The highest BCUT2D eigenvalue weighted by molar-refractivity contribution is 6.34. The van der Waals surface area contributed by atoms with E-state index in [1.807, 2.05) is 0 Å². The first-order valence-electron chi connectivity index (χ1n) is 10.4. The average Bonchev–Trinajstić information content (AvgIpc) is 3.20. The van der Waals surface area contributed by atoms with E-state index in [-0.39, 0.29) is 17.7 Å². The van der Waals surface area contributed by atoms with Crippen LogP contribution in [0.3, 0.4) is 0 Å². The van der Waals surface area contributed by atoms with Crippen LogP contribution in [0, 0.1) is 19.7 Å². The minimum Gasteiger partial charge on any atom is -0.358 e. The smallest absolute Gasteiger partial charge is 0.256 e. The fraction of sp³-hybridized carbons (Fsp3) is 0.348. The Kier molecular flexibility index (Phi) is 7.42. The van der Waals surface area contributed by atoms with E-state index in [9.17, 15) is 18.8 Å². The molecule has 1 aliphatic heterocycles. The summed E-state index contributed by atoms with van der Waals surface area (Å²) in [6, 6.07) is 4.14. The molecule has 3 amide bonds. The minimum atomic E-state index is -0.426. The van der Waals surface area contributed by atoms with E-state index < -0.39 is 5.82 Å². The third-order valence-electron chi connectivity index (χ3n) is 5.34. The number of anilines is 1. The van der Waals surface area contributed by atoms with Crippen molar-refractivity contribution in [1.82, 2.24) is 15.8 Å². The van der Waals surface area contributed by atoms with E-state index in [4.69, 9.17) is 0 Å². The number of hydrogen-bond donors (Lipinski definition) is 4. The van der Waals surface area contributed by atoms with Gasteiger partial charge in [0.15, 0.2) is 0 Å². The number of H-pyrrole nitrogens is 1. The van der Waals surface area contributed by atoms with E-state index in [0.29, 0.717) is 58.7 Å². The van der Waals surface area contributed by atoms with Gasteiger partial charge in [-0.2, -0.15) is 0 Å². The van der Waals surface area contributed by atoms with Gasteiger partial charge in [0.25, 0.3) is 11.8 Å².